The molecular formula is C12H16F2N2O. The molecule has 0 fully saturated rings. The number of hydrogen-bond donors (Lipinski definition) is 2. The Kier molecular flexibility index (Phi) is 3.70. The van der Waals surface area contributed by atoms with E-state index >= 15 is 0 Å². The Hall–Kier alpha value is -1.65. The molecule has 1 amide bonds. The second kappa shape index (κ2) is 4.69. The van der Waals surface area contributed by atoms with Crippen LogP contribution in [-0.4, -0.2) is 5.91 Å². The molecule has 0 saturated heterocycles. The minimum atomic E-state index is -0.837. The lowest BCUT2D eigenvalue weighted by Crippen LogP contribution is -2.20. The quantitative estimate of drug-likeness (QED) is 0.783. The third kappa shape index (κ3) is 4.01. The molecule has 1 rings (SSSR count). The summed E-state index contributed by atoms with van der Waals surface area (Å²) in [6, 6.07) is 1.73. The van der Waals surface area contributed by atoms with Crippen LogP contribution in [0.15, 0.2) is 12.1 Å². The standard InChI is InChI=1S/C12H16F2N2O/c1-12(2,3)6-11(17)16-10-5-9(15)7(13)4-8(10)14/h4-5H,6,15H2,1-3H3,(H,16,17). The smallest absolute Gasteiger partial charge is 0.224 e. The van der Waals surface area contributed by atoms with Crippen molar-refractivity contribution in [2.24, 2.45) is 5.41 Å². The number of hydrogen-bond acceptors (Lipinski definition) is 2. The molecule has 0 aliphatic carbocycles. The van der Waals surface area contributed by atoms with Crippen LogP contribution in [0.3, 0.4) is 0 Å². The second-order valence-corrected chi connectivity index (χ2v) is 5.14. The normalized spacial score (nSPS) is 11.4. The van der Waals surface area contributed by atoms with Crippen LogP contribution >= 0.6 is 0 Å². The maximum absolute atomic E-state index is 13.3. The maximum atomic E-state index is 13.3. The zero-order chi connectivity index (χ0) is 13.2. The molecule has 3 N–H and O–H groups in total. The van der Waals surface area contributed by atoms with Gasteiger partial charge in [0.25, 0.3) is 0 Å². The van der Waals surface area contributed by atoms with Gasteiger partial charge in [-0.1, -0.05) is 20.8 Å². The number of carbonyl (C=O) groups is 1. The van der Waals surface area contributed by atoms with Crippen LogP contribution in [0.25, 0.3) is 0 Å². The lowest BCUT2D eigenvalue weighted by molar-refractivity contribution is -0.117. The molecule has 0 unspecified atom stereocenters. The predicted molar refractivity (Wildman–Crippen MR) is 63.5 cm³/mol. The van der Waals surface area contributed by atoms with Crippen molar-refractivity contribution in [3.05, 3.63) is 23.8 Å². The second-order valence-electron chi connectivity index (χ2n) is 5.14. The fraction of sp³-hybridized carbons (Fsp3) is 0.417. The number of halogens is 2. The Balaban J connectivity index is 2.82. The molecule has 0 heterocycles. The van der Waals surface area contributed by atoms with E-state index < -0.39 is 11.6 Å². The molecule has 0 aliphatic heterocycles. The number of nitrogen functional groups attached to an aromatic ring is 1. The van der Waals surface area contributed by atoms with E-state index in [1.54, 1.807) is 0 Å². The molecule has 0 spiro atoms. The van der Waals surface area contributed by atoms with E-state index in [4.69, 9.17) is 5.73 Å². The summed E-state index contributed by atoms with van der Waals surface area (Å²) in [6.07, 6.45) is 0.240. The molecule has 0 aliphatic rings. The van der Waals surface area contributed by atoms with Crippen molar-refractivity contribution in [1.29, 1.82) is 0 Å². The van der Waals surface area contributed by atoms with Gasteiger partial charge in [-0.15, -0.1) is 0 Å². The Labute approximate surface area is 99.0 Å². The van der Waals surface area contributed by atoms with E-state index in [2.05, 4.69) is 5.32 Å². The Bertz CT molecular complexity index is 439. The van der Waals surface area contributed by atoms with Crippen molar-refractivity contribution in [2.45, 2.75) is 27.2 Å². The number of nitrogens with one attached hydrogen (secondary N) is 1. The summed E-state index contributed by atoms with van der Waals surface area (Å²) in [5, 5.41) is 2.37. The number of rotatable bonds is 2. The summed E-state index contributed by atoms with van der Waals surface area (Å²) in [4.78, 5) is 11.6. The first-order chi connectivity index (χ1) is 7.69. The Morgan fingerprint density at radius 2 is 1.88 bits per heavy atom. The molecule has 0 aromatic heterocycles. The molecule has 0 saturated carbocycles. The van der Waals surface area contributed by atoms with E-state index in [0.717, 1.165) is 6.07 Å². The summed E-state index contributed by atoms with van der Waals surface area (Å²) in [6.45, 7) is 5.67. The summed E-state index contributed by atoms with van der Waals surface area (Å²) in [5.74, 6) is -2.00. The highest BCUT2D eigenvalue weighted by Crippen LogP contribution is 2.23. The highest BCUT2D eigenvalue weighted by molar-refractivity contribution is 5.91. The van der Waals surface area contributed by atoms with Gasteiger partial charge < -0.3 is 11.1 Å². The highest BCUT2D eigenvalue weighted by atomic mass is 19.1. The first kappa shape index (κ1) is 13.4. The van der Waals surface area contributed by atoms with Crippen LogP contribution < -0.4 is 11.1 Å². The zero-order valence-corrected chi connectivity index (χ0v) is 10.1. The highest BCUT2D eigenvalue weighted by Gasteiger charge is 2.17. The van der Waals surface area contributed by atoms with E-state index in [1.165, 1.54) is 0 Å². The number of nitrogens with two attached hydrogens (primary N) is 1. The Morgan fingerprint density at radius 1 is 1.29 bits per heavy atom. The van der Waals surface area contributed by atoms with E-state index in [-0.39, 0.29) is 29.1 Å². The van der Waals surface area contributed by atoms with Gasteiger partial charge in [0.05, 0.1) is 11.4 Å². The van der Waals surface area contributed by atoms with Gasteiger partial charge in [0.2, 0.25) is 5.91 Å². The summed E-state index contributed by atoms with van der Waals surface area (Å²) in [7, 11) is 0. The van der Waals surface area contributed by atoms with E-state index in [1.807, 2.05) is 20.8 Å². The average Bonchev–Trinajstić information content (AvgIpc) is 2.11. The SMILES string of the molecule is CC(C)(C)CC(=O)Nc1cc(N)c(F)cc1F. The van der Waals surface area contributed by atoms with Crippen LogP contribution in [0.2, 0.25) is 0 Å². The van der Waals surface area contributed by atoms with Crippen molar-refractivity contribution in [1.82, 2.24) is 0 Å². The fourth-order valence-electron chi connectivity index (χ4n) is 1.34. The fourth-order valence-corrected chi connectivity index (χ4v) is 1.34. The lowest BCUT2D eigenvalue weighted by atomic mass is 9.92. The van der Waals surface area contributed by atoms with Crippen molar-refractivity contribution in [3.63, 3.8) is 0 Å². The van der Waals surface area contributed by atoms with Crippen LogP contribution in [-0.2, 0) is 4.79 Å². The van der Waals surface area contributed by atoms with Crippen molar-refractivity contribution in [2.75, 3.05) is 11.1 Å². The largest absolute Gasteiger partial charge is 0.396 e. The van der Waals surface area contributed by atoms with Gasteiger partial charge in [0.1, 0.15) is 11.6 Å². The van der Waals surface area contributed by atoms with Crippen molar-refractivity contribution in [3.8, 4) is 0 Å². The number of carbonyl (C=O) groups excluding carboxylic acids is 1. The topological polar surface area (TPSA) is 55.1 Å². The molecule has 1 aromatic rings. The first-order valence-electron chi connectivity index (χ1n) is 5.23. The van der Waals surface area contributed by atoms with Crippen molar-refractivity contribution < 1.29 is 13.6 Å². The van der Waals surface area contributed by atoms with Gasteiger partial charge in [-0.25, -0.2) is 8.78 Å². The van der Waals surface area contributed by atoms with Gasteiger partial charge in [0.15, 0.2) is 0 Å². The average molecular weight is 242 g/mol. The Morgan fingerprint density at radius 3 is 2.41 bits per heavy atom. The molecule has 5 heteroatoms. The van der Waals surface area contributed by atoms with Gasteiger partial charge in [-0.3, -0.25) is 4.79 Å². The van der Waals surface area contributed by atoms with Crippen LogP contribution in [0.5, 0.6) is 0 Å². The van der Waals surface area contributed by atoms with Crippen LogP contribution in [0.4, 0.5) is 20.2 Å². The van der Waals surface area contributed by atoms with Crippen molar-refractivity contribution >= 4 is 17.3 Å². The summed E-state index contributed by atoms with van der Waals surface area (Å²) >= 11 is 0. The molecule has 94 valence electrons. The van der Waals surface area contributed by atoms with Gasteiger partial charge in [-0.05, 0) is 11.5 Å². The summed E-state index contributed by atoms with van der Waals surface area (Å²) < 4.78 is 26.2. The van der Waals surface area contributed by atoms with E-state index in [0.29, 0.717) is 6.07 Å². The zero-order valence-electron chi connectivity index (χ0n) is 10.1. The number of anilines is 2. The van der Waals surface area contributed by atoms with Gasteiger partial charge in [-0.2, -0.15) is 0 Å². The third-order valence-electron chi connectivity index (χ3n) is 2.05. The number of benzene rings is 1. The minimum absolute atomic E-state index is 0.0989. The molecule has 17 heavy (non-hydrogen) atoms. The maximum Gasteiger partial charge on any atom is 0.224 e. The molecular weight excluding hydrogens is 226 g/mol. The molecule has 0 bridgehead atoms. The lowest BCUT2D eigenvalue weighted by Gasteiger charge is -2.17. The van der Waals surface area contributed by atoms with E-state index in [9.17, 15) is 13.6 Å². The van der Waals surface area contributed by atoms with Gasteiger partial charge >= 0.3 is 0 Å². The van der Waals surface area contributed by atoms with Crippen LogP contribution in [0, 0.1) is 17.0 Å². The number of amides is 1. The molecule has 3 nitrogen and oxygen atoms in total. The third-order valence-corrected chi connectivity index (χ3v) is 2.05. The monoisotopic (exact) mass is 242 g/mol. The molecule has 0 atom stereocenters. The molecule has 1 aromatic carbocycles. The van der Waals surface area contributed by atoms with Gasteiger partial charge in [0, 0.05) is 12.5 Å². The minimum Gasteiger partial charge on any atom is -0.396 e. The molecule has 0 radical (unpaired) electrons. The first-order valence-corrected chi connectivity index (χ1v) is 5.23. The predicted octanol–water partition coefficient (Wildman–Crippen LogP) is 2.92. The van der Waals surface area contributed by atoms with Crippen LogP contribution in [0.1, 0.15) is 27.2 Å². The summed E-state index contributed by atoms with van der Waals surface area (Å²) in [5.41, 5.74) is 4.80.